The topological polar surface area (TPSA) is 50.7 Å². The summed E-state index contributed by atoms with van der Waals surface area (Å²) in [6.07, 6.45) is 3.42. The number of aryl methyl sites for hydroxylation is 2. The van der Waals surface area contributed by atoms with E-state index in [2.05, 4.69) is 45.6 Å². The molecule has 0 amide bonds. The Morgan fingerprint density at radius 1 is 1.16 bits per heavy atom. The molecule has 0 saturated heterocycles. The molecule has 3 rings (SSSR count). The zero-order valence-corrected chi connectivity index (χ0v) is 11.7. The number of hydrogen-bond acceptors (Lipinski definition) is 5. The van der Waals surface area contributed by atoms with Crippen LogP contribution >= 0.6 is 11.3 Å². The molecule has 96 valence electrons. The SMILES string of the molecule is Cc1cccnc1CNc1ncnc2c(C)csc12. The number of fused-ring (bicyclic) bond motifs is 1. The molecule has 0 aliphatic rings. The Hall–Kier alpha value is -2.01. The van der Waals surface area contributed by atoms with Crippen molar-refractivity contribution in [1.82, 2.24) is 15.0 Å². The third-order valence-electron chi connectivity index (χ3n) is 3.07. The first-order valence-electron chi connectivity index (χ1n) is 6.09. The van der Waals surface area contributed by atoms with E-state index in [0.717, 1.165) is 21.7 Å². The van der Waals surface area contributed by atoms with Gasteiger partial charge in [-0.25, -0.2) is 9.97 Å². The largest absolute Gasteiger partial charge is 0.363 e. The predicted molar refractivity (Wildman–Crippen MR) is 78.5 cm³/mol. The minimum atomic E-state index is 0.676. The number of nitrogens with zero attached hydrogens (tertiary/aromatic N) is 3. The van der Waals surface area contributed by atoms with Crippen LogP contribution in [0.5, 0.6) is 0 Å². The molecule has 1 N–H and O–H groups in total. The quantitative estimate of drug-likeness (QED) is 0.793. The highest BCUT2D eigenvalue weighted by Crippen LogP contribution is 2.28. The molecule has 4 nitrogen and oxygen atoms in total. The summed E-state index contributed by atoms with van der Waals surface area (Å²) in [6, 6.07) is 4.01. The summed E-state index contributed by atoms with van der Waals surface area (Å²) < 4.78 is 1.11. The molecule has 3 aromatic rings. The van der Waals surface area contributed by atoms with Gasteiger partial charge in [-0.3, -0.25) is 4.98 Å². The van der Waals surface area contributed by atoms with Crippen molar-refractivity contribution in [3.8, 4) is 0 Å². The fourth-order valence-electron chi connectivity index (χ4n) is 1.97. The summed E-state index contributed by atoms with van der Waals surface area (Å²) in [6.45, 7) is 4.81. The molecule has 0 bridgehead atoms. The first kappa shape index (κ1) is 12.0. The maximum Gasteiger partial charge on any atom is 0.147 e. The van der Waals surface area contributed by atoms with Gasteiger partial charge < -0.3 is 5.32 Å². The molecule has 0 aliphatic heterocycles. The fourth-order valence-corrected chi connectivity index (χ4v) is 2.93. The van der Waals surface area contributed by atoms with Gasteiger partial charge in [0.05, 0.1) is 22.5 Å². The van der Waals surface area contributed by atoms with Gasteiger partial charge in [-0.2, -0.15) is 0 Å². The first-order valence-corrected chi connectivity index (χ1v) is 6.97. The summed E-state index contributed by atoms with van der Waals surface area (Å²) in [5.41, 5.74) is 4.45. The lowest BCUT2D eigenvalue weighted by molar-refractivity contribution is 1.01. The van der Waals surface area contributed by atoms with E-state index in [9.17, 15) is 0 Å². The Kier molecular flexibility index (Phi) is 3.13. The second-order valence-electron chi connectivity index (χ2n) is 4.44. The number of rotatable bonds is 3. The van der Waals surface area contributed by atoms with Crippen LogP contribution in [0.25, 0.3) is 10.2 Å². The molecular formula is C14H14N4S. The van der Waals surface area contributed by atoms with Gasteiger partial charge in [0.1, 0.15) is 12.1 Å². The molecule has 3 aromatic heterocycles. The molecule has 19 heavy (non-hydrogen) atoms. The third kappa shape index (κ3) is 2.29. The average molecular weight is 270 g/mol. The smallest absolute Gasteiger partial charge is 0.147 e. The molecular weight excluding hydrogens is 256 g/mol. The Balaban J connectivity index is 1.88. The van der Waals surface area contributed by atoms with Crippen molar-refractivity contribution in [2.24, 2.45) is 0 Å². The van der Waals surface area contributed by atoms with Gasteiger partial charge in [-0.1, -0.05) is 6.07 Å². The highest BCUT2D eigenvalue weighted by molar-refractivity contribution is 7.18. The molecule has 0 spiro atoms. The number of anilines is 1. The van der Waals surface area contributed by atoms with E-state index in [1.54, 1.807) is 17.7 Å². The number of nitrogens with one attached hydrogen (secondary N) is 1. The van der Waals surface area contributed by atoms with E-state index in [4.69, 9.17) is 0 Å². The van der Waals surface area contributed by atoms with E-state index in [-0.39, 0.29) is 0 Å². The number of pyridine rings is 1. The predicted octanol–water partition coefficient (Wildman–Crippen LogP) is 3.32. The van der Waals surface area contributed by atoms with E-state index in [1.165, 1.54) is 11.1 Å². The van der Waals surface area contributed by atoms with Crippen molar-refractivity contribution >= 4 is 27.4 Å². The van der Waals surface area contributed by atoms with Gasteiger partial charge >= 0.3 is 0 Å². The minimum Gasteiger partial charge on any atom is -0.363 e. The van der Waals surface area contributed by atoms with Crippen LogP contribution in [0.15, 0.2) is 30.0 Å². The van der Waals surface area contributed by atoms with Crippen LogP contribution in [0, 0.1) is 13.8 Å². The molecule has 0 aliphatic carbocycles. The van der Waals surface area contributed by atoms with Crippen LogP contribution in [0.2, 0.25) is 0 Å². The molecule has 0 atom stereocenters. The second kappa shape index (κ2) is 4.93. The maximum absolute atomic E-state index is 4.38. The lowest BCUT2D eigenvalue weighted by atomic mass is 10.2. The summed E-state index contributed by atoms with van der Waals surface area (Å²) in [4.78, 5) is 13.0. The van der Waals surface area contributed by atoms with Gasteiger partial charge in [-0.05, 0) is 36.4 Å². The van der Waals surface area contributed by atoms with Crippen molar-refractivity contribution in [1.29, 1.82) is 0 Å². The van der Waals surface area contributed by atoms with Gasteiger partial charge in [-0.15, -0.1) is 11.3 Å². The summed E-state index contributed by atoms with van der Waals surface area (Å²) in [5, 5.41) is 5.46. The van der Waals surface area contributed by atoms with Crippen molar-refractivity contribution < 1.29 is 0 Å². The van der Waals surface area contributed by atoms with Gasteiger partial charge in [0.25, 0.3) is 0 Å². The van der Waals surface area contributed by atoms with E-state index in [1.807, 2.05) is 12.3 Å². The molecule has 5 heteroatoms. The van der Waals surface area contributed by atoms with Crippen molar-refractivity contribution in [3.05, 3.63) is 46.9 Å². The van der Waals surface area contributed by atoms with E-state index < -0.39 is 0 Å². The first-order chi connectivity index (χ1) is 9.25. The van der Waals surface area contributed by atoms with Crippen molar-refractivity contribution in [3.63, 3.8) is 0 Å². The third-order valence-corrected chi connectivity index (χ3v) is 4.17. The highest BCUT2D eigenvalue weighted by atomic mass is 32.1. The van der Waals surface area contributed by atoms with Crippen LogP contribution in [-0.2, 0) is 6.54 Å². The molecule has 0 unspecified atom stereocenters. The van der Waals surface area contributed by atoms with Crippen LogP contribution in [-0.4, -0.2) is 15.0 Å². The average Bonchev–Trinajstić information content (AvgIpc) is 2.81. The monoisotopic (exact) mass is 270 g/mol. The normalized spacial score (nSPS) is 10.8. The number of aromatic nitrogens is 3. The summed E-state index contributed by atoms with van der Waals surface area (Å²) >= 11 is 1.67. The van der Waals surface area contributed by atoms with Crippen molar-refractivity contribution in [2.45, 2.75) is 20.4 Å². The Morgan fingerprint density at radius 3 is 2.89 bits per heavy atom. The lowest BCUT2D eigenvalue weighted by Gasteiger charge is -2.07. The zero-order valence-electron chi connectivity index (χ0n) is 10.8. The molecule has 0 aromatic carbocycles. The zero-order chi connectivity index (χ0) is 13.2. The molecule has 0 fully saturated rings. The second-order valence-corrected chi connectivity index (χ2v) is 5.32. The standard InChI is InChI=1S/C14H14N4S/c1-9-4-3-5-15-11(9)6-16-14-13-12(17-8-18-14)10(2)7-19-13/h3-5,7-8H,6H2,1-2H3,(H,16,17,18). The Bertz CT molecular complexity index is 720. The summed E-state index contributed by atoms with van der Waals surface area (Å²) in [7, 11) is 0. The van der Waals surface area contributed by atoms with Crippen molar-refractivity contribution in [2.75, 3.05) is 5.32 Å². The fraction of sp³-hybridized carbons (Fsp3) is 0.214. The highest BCUT2D eigenvalue weighted by Gasteiger charge is 2.08. The van der Waals surface area contributed by atoms with Gasteiger partial charge in [0.2, 0.25) is 0 Å². The Labute approximate surface area is 115 Å². The number of thiophene rings is 1. The molecule has 0 radical (unpaired) electrons. The number of hydrogen-bond donors (Lipinski definition) is 1. The van der Waals surface area contributed by atoms with E-state index >= 15 is 0 Å². The Morgan fingerprint density at radius 2 is 2.05 bits per heavy atom. The van der Waals surface area contributed by atoms with Crippen LogP contribution in [0.1, 0.15) is 16.8 Å². The molecule has 0 saturated carbocycles. The van der Waals surface area contributed by atoms with Crippen LogP contribution in [0.4, 0.5) is 5.82 Å². The van der Waals surface area contributed by atoms with E-state index in [0.29, 0.717) is 6.54 Å². The molecule has 3 heterocycles. The van der Waals surface area contributed by atoms with Crippen LogP contribution < -0.4 is 5.32 Å². The van der Waals surface area contributed by atoms with Crippen LogP contribution in [0.3, 0.4) is 0 Å². The minimum absolute atomic E-state index is 0.676. The lowest BCUT2D eigenvalue weighted by Crippen LogP contribution is -2.05. The summed E-state index contributed by atoms with van der Waals surface area (Å²) in [5.74, 6) is 0.883. The maximum atomic E-state index is 4.38. The van der Waals surface area contributed by atoms with Gasteiger partial charge in [0.15, 0.2) is 0 Å². The van der Waals surface area contributed by atoms with Gasteiger partial charge in [0, 0.05) is 6.20 Å².